The van der Waals surface area contributed by atoms with Gasteiger partial charge in [-0.05, 0) is 74.2 Å². The second-order valence-corrected chi connectivity index (χ2v) is 12.3. The van der Waals surface area contributed by atoms with Crippen molar-refractivity contribution in [3.63, 3.8) is 0 Å². The lowest BCUT2D eigenvalue weighted by atomic mass is 9.72. The van der Waals surface area contributed by atoms with Gasteiger partial charge in [0.15, 0.2) is 11.5 Å². The van der Waals surface area contributed by atoms with E-state index in [1.807, 2.05) is 47.4 Å². The van der Waals surface area contributed by atoms with E-state index in [0.29, 0.717) is 65.3 Å². The highest BCUT2D eigenvalue weighted by atomic mass is 35.5. The largest absolute Gasteiger partial charge is 0.493 e. The highest BCUT2D eigenvalue weighted by Crippen LogP contribution is 2.42. The molecule has 0 aromatic heterocycles. The molecule has 2 saturated heterocycles. The summed E-state index contributed by atoms with van der Waals surface area (Å²) >= 11 is 12.8. The third-order valence-corrected chi connectivity index (χ3v) is 9.93. The predicted molar refractivity (Wildman–Crippen MR) is 180 cm³/mol. The number of likely N-dealkylation sites (tertiary alicyclic amines) is 1. The van der Waals surface area contributed by atoms with Crippen LogP contribution in [0.4, 0.5) is 0 Å². The molecule has 1 atom stereocenters. The average Bonchev–Trinajstić information content (AvgIpc) is 3.50. The molecule has 0 bridgehead atoms. The molecular formula is C34H40Cl3N3O5. The summed E-state index contributed by atoms with van der Waals surface area (Å²) in [5, 5.41) is 7.60. The SMILES string of the molecule is COc1cc(C(=O)N2CC[C@](CCNC(=O)C3(c4ccccc4)CCNCC3)(c3ccc(Cl)c(Cl)c3)C2)cc(OC)c1OC.Cl. The van der Waals surface area contributed by atoms with Crippen LogP contribution in [-0.2, 0) is 15.6 Å². The zero-order valence-corrected chi connectivity index (χ0v) is 28.1. The molecule has 5 rings (SSSR count). The summed E-state index contributed by atoms with van der Waals surface area (Å²) in [4.78, 5) is 29.6. The van der Waals surface area contributed by atoms with Crippen molar-refractivity contribution < 1.29 is 23.8 Å². The number of carbonyl (C=O) groups is 2. The molecule has 2 fully saturated rings. The first-order valence-electron chi connectivity index (χ1n) is 14.9. The Hall–Kier alpha value is -3.17. The van der Waals surface area contributed by atoms with Crippen LogP contribution in [0.25, 0.3) is 0 Å². The lowest BCUT2D eigenvalue weighted by Crippen LogP contribution is -2.51. The van der Waals surface area contributed by atoms with Gasteiger partial charge in [-0.3, -0.25) is 9.59 Å². The molecule has 0 spiro atoms. The van der Waals surface area contributed by atoms with Crippen LogP contribution in [0.3, 0.4) is 0 Å². The molecule has 45 heavy (non-hydrogen) atoms. The van der Waals surface area contributed by atoms with Crippen molar-refractivity contribution in [1.82, 2.24) is 15.5 Å². The summed E-state index contributed by atoms with van der Waals surface area (Å²) in [7, 11) is 4.58. The normalized spacial score (nSPS) is 18.9. The number of halogens is 3. The fourth-order valence-electron chi connectivity index (χ4n) is 6.69. The van der Waals surface area contributed by atoms with Crippen molar-refractivity contribution in [2.45, 2.75) is 36.5 Å². The number of hydrogen-bond donors (Lipinski definition) is 2. The Balaban J connectivity index is 0.00000461. The Morgan fingerprint density at radius 3 is 2.13 bits per heavy atom. The monoisotopic (exact) mass is 675 g/mol. The van der Waals surface area contributed by atoms with Crippen LogP contribution in [0.5, 0.6) is 17.2 Å². The van der Waals surface area contributed by atoms with Crippen molar-refractivity contribution in [2.75, 3.05) is 54.1 Å². The molecule has 3 aromatic rings. The summed E-state index contributed by atoms with van der Waals surface area (Å²) < 4.78 is 16.4. The summed E-state index contributed by atoms with van der Waals surface area (Å²) in [6, 6.07) is 19.0. The lowest BCUT2D eigenvalue weighted by Gasteiger charge is -2.37. The van der Waals surface area contributed by atoms with Gasteiger partial charge in [0.1, 0.15) is 0 Å². The van der Waals surface area contributed by atoms with Gasteiger partial charge in [-0.25, -0.2) is 0 Å². The number of piperidine rings is 1. The number of benzene rings is 3. The number of hydrogen-bond acceptors (Lipinski definition) is 6. The Bertz CT molecular complexity index is 1470. The van der Waals surface area contributed by atoms with Gasteiger partial charge in [0.2, 0.25) is 11.7 Å². The fourth-order valence-corrected chi connectivity index (χ4v) is 6.98. The van der Waals surface area contributed by atoms with Crippen LogP contribution in [0, 0.1) is 0 Å². The van der Waals surface area contributed by atoms with E-state index in [0.717, 1.165) is 37.1 Å². The van der Waals surface area contributed by atoms with Gasteiger partial charge >= 0.3 is 0 Å². The smallest absolute Gasteiger partial charge is 0.254 e. The number of carbonyl (C=O) groups excluding carboxylic acids is 2. The molecule has 0 radical (unpaired) electrons. The van der Waals surface area contributed by atoms with E-state index in [1.54, 1.807) is 18.2 Å². The van der Waals surface area contributed by atoms with Crippen molar-refractivity contribution in [1.29, 1.82) is 0 Å². The maximum atomic E-state index is 13.9. The Kier molecular flexibility index (Phi) is 11.5. The molecule has 0 saturated carbocycles. The number of ether oxygens (including phenoxy) is 3. The van der Waals surface area contributed by atoms with Gasteiger partial charge in [0.25, 0.3) is 5.91 Å². The number of rotatable bonds is 10. The van der Waals surface area contributed by atoms with Gasteiger partial charge in [0, 0.05) is 30.6 Å². The second kappa shape index (κ2) is 14.9. The molecule has 8 nitrogen and oxygen atoms in total. The molecule has 2 aliphatic rings. The molecule has 2 N–H and O–H groups in total. The molecule has 0 aliphatic carbocycles. The minimum Gasteiger partial charge on any atom is -0.493 e. The van der Waals surface area contributed by atoms with Gasteiger partial charge in [-0.15, -0.1) is 12.4 Å². The third kappa shape index (κ3) is 6.99. The Morgan fingerprint density at radius 1 is 0.867 bits per heavy atom. The third-order valence-electron chi connectivity index (χ3n) is 9.19. The number of nitrogens with one attached hydrogen (secondary N) is 2. The second-order valence-electron chi connectivity index (χ2n) is 11.5. The molecule has 11 heteroatoms. The maximum absolute atomic E-state index is 13.9. The first kappa shape index (κ1) is 34.7. The quantitative estimate of drug-likeness (QED) is 0.272. The lowest BCUT2D eigenvalue weighted by molar-refractivity contribution is -0.127. The van der Waals surface area contributed by atoms with E-state index in [-0.39, 0.29) is 24.2 Å². The van der Waals surface area contributed by atoms with Crippen molar-refractivity contribution in [2.24, 2.45) is 0 Å². The number of nitrogens with zero attached hydrogens (tertiary/aromatic N) is 1. The molecule has 2 heterocycles. The zero-order chi connectivity index (χ0) is 31.3. The molecular weight excluding hydrogens is 637 g/mol. The van der Waals surface area contributed by atoms with E-state index < -0.39 is 10.8 Å². The van der Waals surface area contributed by atoms with Gasteiger partial charge in [-0.1, -0.05) is 59.6 Å². The van der Waals surface area contributed by atoms with Gasteiger partial charge in [-0.2, -0.15) is 0 Å². The topological polar surface area (TPSA) is 89.1 Å². The molecule has 2 aliphatic heterocycles. The molecule has 2 amide bonds. The molecule has 0 unspecified atom stereocenters. The Morgan fingerprint density at radius 2 is 1.53 bits per heavy atom. The van der Waals surface area contributed by atoms with Crippen LogP contribution in [0.15, 0.2) is 60.7 Å². The summed E-state index contributed by atoms with van der Waals surface area (Å²) in [6.07, 6.45) is 2.79. The highest BCUT2D eigenvalue weighted by Gasteiger charge is 2.44. The van der Waals surface area contributed by atoms with E-state index in [2.05, 4.69) is 10.6 Å². The molecule has 242 valence electrons. The average molecular weight is 677 g/mol. The van der Waals surface area contributed by atoms with E-state index in [1.165, 1.54) is 21.3 Å². The first-order valence-corrected chi connectivity index (χ1v) is 15.6. The van der Waals surface area contributed by atoms with Crippen LogP contribution in [0.2, 0.25) is 10.0 Å². The van der Waals surface area contributed by atoms with Gasteiger partial charge in [0.05, 0.1) is 36.8 Å². The van der Waals surface area contributed by atoms with Crippen LogP contribution in [0.1, 0.15) is 47.2 Å². The van der Waals surface area contributed by atoms with Crippen LogP contribution in [-0.4, -0.2) is 70.8 Å². The Labute approximate surface area is 281 Å². The minimum absolute atomic E-state index is 0. The summed E-state index contributed by atoms with van der Waals surface area (Å²) in [5.41, 5.74) is 1.45. The van der Waals surface area contributed by atoms with Crippen molar-refractivity contribution in [3.05, 3.63) is 87.4 Å². The molecule has 3 aromatic carbocycles. The summed E-state index contributed by atoms with van der Waals surface area (Å²) in [6.45, 7) is 3.00. The standard InChI is InChI=1S/C34H39Cl2N3O5.ClH/c1-42-28-19-23(20-29(43-2)30(28)44-3)31(40)39-18-14-33(22-39,25-9-10-26(35)27(36)21-25)11-17-38-32(41)34(12-15-37-16-13-34)24-7-5-4-6-8-24;/h4-10,19-21,37H,11-18,22H2,1-3H3,(H,38,41);1H/t33-;/m0./s1. The minimum atomic E-state index is -0.576. The van der Waals surface area contributed by atoms with Crippen molar-refractivity contribution in [3.8, 4) is 17.2 Å². The van der Waals surface area contributed by atoms with E-state index >= 15 is 0 Å². The highest BCUT2D eigenvalue weighted by molar-refractivity contribution is 6.42. The maximum Gasteiger partial charge on any atom is 0.254 e. The fraction of sp³-hybridized carbons (Fsp3) is 0.412. The van der Waals surface area contributed by atoms with Crippen LogP contribution < -0.4 is 24.8 Å². The van der Waals surface area contributed by atoms with E-state index in [4.69, 9.17) is 37.4 Å². The van der Waals surface area contributed by atoms with E-state index in [9.17, 15) is 9.59 Å². The first-order chi connectivity index (χ1) is 21.3. The predicted octanol–water partition coefficient (Wildman–Crippen LogP) is 6.05. The summed E-state index contributed by atoms with van der Waals surface area (Å²) in [5.74, 6) is 1.15. The number of amides is 2. The number of methoxy groups -OCH3 is 3. The van der Waals surface area contributed by atoms with Crippen molar-refractivity contribution >= 4 is 47.4 Å². The van der Waals surface area contributed by atoms with Gasteiger partial charge < -0.3 is 29.7 Å². The zero-order valence-electron chi connectivity index (χ0n) is 25.8. The van der Waals surface area contributed by atoms with Crippen LogP contribution >= 0.6 is 35.6 Å².